The maximum absolute atomic E-state index is 12.5. The van der Waals surface area contributed by atoms with Crippen LogP contribution in [0.4, 0.5) is 5.13 Å². The lowest BCUT2D eigenvalue weighted by atomic mass is 10.2. The zero-order chi connectivity index (χ0) is 17.8. The molecule has 0 aliphatic rings. The first kappa shape index (κ1) is 16.3. The number of ether oxygens (including phenoxy) is 1. The van der Waals surface area contributed by atoms with E-state index in [2.05, 4.69) is 10.3 Å². The topological polar surface area (TPSA) is 51.2 Å². The van der Waals surface area contributed by atoms with Crippen LogP contribution in [0.25, 0.3) is 10.2 Å². The number of carbonyl (C=O) groups is 1. The van der Waals surface area contributed by atoms with Gasteiger partial charge in [-0.15, -0.1) is 0 Å². The van der Waals surface area contributed by atoms with Crippen LogP contribution in [-0.4, -0.2) is 10.9 Å². The van der Waals surface area contributed by atoms with E-state index in [1.807, 2.05) is 66.7 Å². The Labute approximate surface area is 155 Å². The maximum Gasteiger partial charge on any atom is 0.257 e. The van der Waals surface area contributed by atoms with E-state index in [-0.39, 0.29) is 5.91 Å². The molecule has 0 aliphatic carbocycles. The highest BCUT2D eigenvalue weighted by atomic mass is 32.1. The molecule has 0 bridgehead atoms. The highest BCUT2D eigenvalue weighted by molar-refractivity contribution is 7.22. The van der Waals surface area contributed by atoms with Crippen LogP contribution in [0.3, 0.4) is 0 Å². The first-order chi connectivity index (χ1) is 12.8. The maximum atomic E-state index is 12.5. The van der Waals surface area contributed by atoms with Crippen LogP contribution in [0, 0.1) is 0 Å². The van der Waals surface area contributed by atoms with Gasteiger partial charge < -0.3 is 4.74 Å². The largest absolute Gasteiger partial charge is 0.489 e. The molecule has 4 nitrogen and oxygen atoms in total. The predicted octanol–water partition coefficient (Wildman–Crippen LogP) is 5.13. The molecule has 128 valence electrons. The average molecular weight is 360 g/mol. The van der Waals surface area contributed by atoms with E-state index in [1.165, 1.54) is 11.3 Å². The smallest absolute Gasteiger partial charge is 0.257 e. The molecular weight excluding hydrogens is 344 g/mol. The molecule has 0 aliphatic heterocycles. The summed E-state index contributed by atoms with van der Waals surface area (Å²) in [6.45, 7) is 0.462. The molecule has 1 amide bonds. The number of rotatable bonds is 5. The number of amides is 1. The minimum absolute atomic E-state index is 0.200. The van der Waals surface area contributed by atoms with Crippen molar-refractivity contribution in [3.05, 3.63) is 90.0 Å². The molecule has 0 radical (unpaired) electrons. The fourth-order valence-electron chi connectivity index (χ4n) is 2.56. The Balaban J connectivity index is 1.45. The van der Waals surface area contributed by atoms with E-state index in [9.17, 15) is 4.79 Å². The molecule has 0 fully saturated rings. The van der Waals surface area contributed by atoms with Gasteiger partial charge in [-0.05, 0) is 35.9 Å². The Morgan fingerprint density at radius 2 is 1.77 bits per heavy atom. The van der Waals surface area contributed by atoms with Gasteiger partial charge in [-0.25, -0.2) is 4.98 Å². The number of benzene rings is 3. The zero-order valence-corrected chi connectivity index (χ0v) is 14.7. The summed E-state index contributed by atoms with van der Waals surface area (Å²) in [5, 5.41) is 3.45. The minimum atomic E-state index is -0.200. The van der Waals surface area contributed by atoms with E-state index >= 15 is 0 Å². The standard InChI is InChI=1S/C21H16N2O2S/c24-20(23-21-22-18-11-4-5-12-19(18)26-21)16-9-6-10-17(13-16)25-14-15-7-2-1-3-8-15/h1-13H,14H2,(H,22,23,24). The van der Waals surface area contributed by atoms with Crippen molar-refractivity contribution in [2.45, 2.75) is 6.61 Å². The van der Waals surface area contributed by atoms with Gasteiger partial charge in [0.1, 0.15) is 12.4 Å². The van der Waals surface area contributed by atoms with Crippen LogP contribution < -0.4 is 10.1 Å². The first-order valence-corrected chi connectivity index (χ1v) is 9.03. The van der Waals surface area contributed by atoms with Gasteiger partial charge in [0, 0.05) is 5.56 Å². The fourth-order valence-corrected chi connectivity index (χ4v) is 3.42. The molecule has 1 aromatic heterocycles. The van der Waals surface area contributed by atoms with Gasteiger partial charge in [0.05, 0.1) is 10.2 Å². The number of thiazole rings is 1. The Bertz CT molecular complexity index is 1010. The first-order valence-electron chi connectivity index (χ1n) is 8.22. The van der Waals surface area contributed by atoms with E-state index < -0.39 is 0 Å². The molecule has 0 saturated heterocycles. The molecule has 5 heteroatoms. The van der Waals surface area contributed by atoms with Gasteiger partial charge in [-0.1, -0.05) is 59.9 Å². The van der Waals surface area contributed by atoms with E-state index in [1.54, 1.807) is 12.1 Å². The molecular formula is C21H16N2O2S. The lowest BCUT2D eigenvalue weighted by Crippen LogP contribution is -2.11. The van der Waals surface area contributed by atoms with Crippen molar-refractivity contribution in [2.24, 2.45) is 0 Å². The van der Waals surface area contributed by atoms with Crippen molar-refractivity contribution in [1.82, 2.24) is 4.98 Å². The molecule has 4 rings (SSSR count). The molecule has 4 aromatic rings. The molecule has 1 N–H and O–H groups in total. The average Bonchev–Trinajstić information content (AvgIpc) is 3.09. The van der Waals surface area contributed by atoms with Crippen molar-refractivity contribution in [1.29, 1.82) is 0 Å². The Morgan fingerprint density at radius 1 is 0.962 bits per heavy atom. The summed E-state index contributed by atoms with van der Waals surface area (Å²) >= 11 is 1.46. The second-order valence-electron chi connectivity index (χ2n) is 5.74. The van der Waals surface area contributed by atoms with Crippen molar-refractivity contribution < 1.29 is 9.53 Å². The number of fused-ring (bicyclic) bond motifs is 1. The van der Waals surface area contributed by atoms with Gasteiger partial charge in [0.25, 0.3) is 5.91 Å². The lowest BCUT2D eigenvalue weighted by Gasteiger charge is -2.08. The Kier molecular flexibility index (Phi) is 4.62. The molecule has 1 heterocycles. The number of carbonyl (C=O) groups excluding carboxylic acids is 1. The van der Waals surface area contributed by atoms with E-state index in [0.29, 0.717) is 23.1 Å². The number of hydrogen-bond acceptors (Lipinski definition) is 4. The van der Waals surface area contributed by atoms with Gasteiger partial charge >= 0.3 is 0 Å². The summed E-state index contributed by atoms with van der Waals surface area (Å²) in [6.07, 6.45) is 0. The van der Waals surface area contributed by atoms with Gasteiger partial charge in [0.2, 0.25) is 0 Å². The van der Waals surface area contributed by atoms with Crippen molar-refractivity contribution in [3.63, 3.8) is 0 Å². The highest BCUT2D eigenvalue weighted by Crippen LogP contribution is 2.26. The number of nitrogens with one attached hydrogen (secondary N) is 1. The van der Waals surface area contributed by atoms with Gasteiger partial charge in [-0.3, -0.25) is 10.1 Å². The number of aromatic nitrogens is 1. The van der Waals surface area contributed by atoms with Crippen LogP contribution in [0.5, 0.6) is 5.75 Å². The summed E-state index contributed by atoms with van der Waals surface area (Å²) in [4.78, 5) is 16.9. The quantitative estimate of drug-likeness (QED) is 0.537. The third-order valence-corrected chi connectivity index (χ3v) is 4.81. The summed E-state index contributed by atoms with van der Waals surface area (Å²) < 4.78 is 6.83. The Morgan fingerprint density at radius 3 is 2.62 bits per heavy atom. The molecule has 0 saturated carbocycles. The van der Waals surface area contributed by atoms with Gasteiger partial charge in [-0.2, -0.15) is 0 Å². The monoisotopic (exact) mass is 360 g/mol. The van der Waals surface area contributed by atoms with Crippen molar-refractivity contribution in [3.8, 4) is 5.75 Å². The third-order valence-electron chi connectivity index (χ3n) is 3.86. The number of nitrogens with zero attached hydrogens (tertiary/aromatic N) is 1. The van der Waals surface area contributed by atoms with Crippen LogP contribution in [-0.2, 0) is 6.61 Å². The fraction of sp³-hybridized carbons (Fsp3) is 0.0476. The lowest BCUT2D eigenvalue weighted by molar-refractivity contribution is 0.102. The van der Waals surface area contributed by atoms with Crippen LogP contribution in [0.1, 0.15) is 15.9 Å². The minimum Gasteiger partial charge on any atom is -0.489 e. The summed E-state index contributed by atoms with van der Waals surface area (Å²) in [5.74, 6) is 0.458. The summed E-state index contributed by atoms with van der Waals surface area (Å²) in [6, 6.07) is 24.9. The van der Waals surface area contributed by atoms with Crippen molar-refractivity contribution in [2.75, 3.05) is 5.32 Å². The zero-order valence-electron chi connectivity index (χ0n) is 13.9. The van der Waals surface area contributed by atoms with Crippen LogP contribution in [0.15, 0.2) is 78.9 Å². The van der Waals surface area contributed by atoms with E-state index in [4.69, 9.17) is 4.74 Å². The van der Waals surface area contributed by atoms with Crippen LogP contribution >= 0.6 is 11.3 Å². The summed E-state index contributed by atoms with van der Waals surface area (Å²) in [5.41, 5.74) is 2.50. The molecule has 26 heavy (non-hydrogen) atoms. The molecule has 0 atom stereocenters. The third kappa shape index (κ3) is 3.73. The molecule has 0 unspecified atom stereocenters. The molecule has 0 spiro atoms. The normalized spacial score (nSPS) is 10.6. The van der Waals surface area contributed by atoms with Gasteiger partial charge in [0.15, 0.2) is 5.13 Å². The van der Waals surface area contributed by atoms with Crippen LogP contribution in [0.2, 0.25) is 0 Å². The Hall–Kier alpha value is -3.18. The highest BCUT2D eigenvalue weighted by Gasteiger charge is 2.10. The number of para-hydroxylation sites is 1. The predicted molar refractivity (Wildman–Crippen MR) is 105 cm³/mol. The second-order valence-corrected chi connectivity index (χ2v) is 6.77. The molecule has 3 aromatic carbocycles. The number of anilines is 1. The van der Waals surface area contributed by atoms with E-state index in [0.717, 1.165) is 15.8 Å². The number of hydrogen-bond donors (Lipinski definition) is 1. The second kappa shape index (κ2) is 7.37. The summed E-state index contributed by atoms with van der Waals surface area (Å²) in [7, 11) is 0. The van der Waals surface area contributed by atoms with Crippen molar-refractivity contribution >= 4 is 32.6 Å². The SMILES string of the molecule is O=C(Nc1nc2ccccc2s1)c1cccc(OCc2ccccc2)c1.